The SMILES string of the molecule is CCNC(=O)[C@H](C)N(Cc1ccc(OC)cc1)C(=O)CN(c1ccc(Cl)cc1)S(=O)(=O)c1ccc(OC)c(OC)c1. The maximum absolute atomic E-state index is 14.0. The third-order valence-electron chi connectivity index (χ3n) is 6.37. The van der Waals surface area contributed by atoms with Crippen molar-refractivity contribution in [1.82, 2.24) is 10.2 Å². The number of benzene rings is 3. The molecule has 0 heterocycles. The van der Waals surface area contributed by atoms with E-state index in [9.17, 15) is 18.0 Å². The third-order valence-corrected chi connectivity index (χ3v) is 8.39. The van der Waals surface area contributed by atoms with Crippen molar-refractivity contribution in [3.8, 4) is 17.2 Å². The molecule has 0 bridgehead atoms. The lowest BCUT2D eigenvalue weighted by Gasteiger charge is -2.32. The molecule has 3 aromatic carbocycles. The summed E-state index contributed by atoms with van der Waals surface area (Å²) in [5.41, 5.74) is 0.948. The first-order chi connectivity index (χ1) is 19.5. The van der Waals surface area contributed by atoms with Crippen LogP contribution >= 0.6 is 11.6 Å². The number of nitrogens with one attached hydrogen (secondary N) is 1. The van der Waals surface area contributed by atoms with E-state index in [-0.39, 0.29) is 28.8 Å². The molecule has 0 saturated carbocycles. The Kier molecular flexibility index (Phi) is 10.8. The van der Waals surface area contributed by atoms with Crippen LogP contribution in [0.4, 0.5) is 5.69 Å². The molecule has 0 saturated heterocycles. The number of nitrogens with zero attached hydrogens (tertiary/aromatic N) is 2. The van der Waals surface area contributed by atoms with Gasteiger partial charge in [0.05, 0.1) is 31.9 Å². The van der Waals surface area contributed by atoms with Crippen LogP contribution in [0.5, 0.6) is 17.2 Å². The van der Waals surface area contributed by atoms with Gasteiger partial charge in [-0.2, -0.15) is 0 Å². The van der Waals surface area contributed by atoms with Gasteiger partial charge in [-0.25, -0.2) is 8.42 Å². The van der Waals surface area contributed by atoms with Gasteiger partial charge >= 0.3 is 0 Å². The van der Waals surface area contributed by atoms with Gasteiger partial charge in [0.1, 0.15) is 18.3 Å². The number of rotatable bonds is 13. The summed E-state index contributed by atoms with van der Waals surface area (Å²) in [6.07, 6.45) is 0. The van der Waals surface area contributed by atoms with Crippen LogP contribution in [0.2, 0.25) is 5.02 Å². The van der Waals surface area contributed by atoms with Crippen LogP contribution in [0, 0.1) is 0 Å². The van der Waals surface area contributed by atoms with E-state index in [0.717, 1.165) is 9.87 Å². The van der Waals surface area contributed by atoms with Gasteiger partial charge in [-0.1, -0.05) is 23.7 Å². The topological polar surface area (TPSA) is 114 Å². The first-order valence-corrected chi connectivity index (χ1v) is 14.6. The number of methoxy groups -OCH3 is 3. The number of anilines is 1. The number of likely N-dealkylation sites (N-methyl/N-ethyl adjacent to an activating group) is 1. The molecule has 1 atom stereocenters. The van der Waals surface area contributed by atoms with Crippen molar-refractivity contribution in [3.05, 3.63) is 77.3 Å². The van der Waals surface area contributed by atoms with Gasteiger partial charge < -0.3 is 24.4 Å². The molecule has 10 nitrogen and oxygen atoms in total. The number of hydrogen-bond acceptors (Lipinski definition) is 7. The van der Waals surface area contributed by atoms with Crippen LogP contribution in [-0.4, -0.2) is 65.6 Å². The fraction of sp³-hybridized carbons (Fsp3) is 0.310. The first kappa shape index (κ1) is 31.6. The summed E-state index contributed by atoms with van der Waals surface area (Å²) in [5.74, 6) is 0.246. The van der Waals surface area contributed by atoms with Gasteiger partial charge in [-0.3, -0.25) is 13.9 Å². The fourth-order valence-electron chi connectivity index (χ4n) is 4.07. The Labute approximate surface area is 245 Å². The minimum Gasteiger partial charge on any atom is -0.497 e. The van der Waals surface area contributed by atoms with Crippen LogP contribution < -0.4 is 23.8 Å². The summed E-state index contributed by atoms with van der Waals surface area (Å²) < 4.78 is 44.8. The van der Waals surface area contributed by atoms with Gasteiger partial charge in [0, 0.05) is 24.2 Å². The molecule has 0 fully saturated rings. The Morgan fingerprint density at radius 1 is 0.902 bits per heavy atom. The summed E-state index contributed by atoms with van der Waals surface area (Å²) in [4.78, 5) is 28.0. The van der Waals surface area contributed by atoms with Crippen molar-refractivity contribution in [3.63, 3.8) is 0 Å². The fourth-order valence-corrected chi connectivity index (χ4v) is 5.63. The summed E-state index contributed by atoms with van der Waals surface area (Å²) in [6, 6.07) is 16.4. The minimum absolute atomic E-state index is 0.0615. The molecule has 0 aliphatic heterocycles. The number of ether oxygens (including phenoxy) is 3. The highest BCUT2D eigenvalue weighted by molar-refractivity contribution is 7.92. The summed E-state index contributed by atoms with van der Waals surface area (Å²) in [6.45, 7) is 3.22. The summed E-state index contributed by atoms with van der Waals surface area (Å²) in [7, 11) is 0.0865. The molecule has 220 valence electrons. The molecule has 0 radical (unpaired) electrons. The molecule has 12 heteroatoms. The van der Waals surface area contributed by atoms with E-state index >= 15 is 0 Å². The quantitative estimate of drug-likeness (QED) is 0.313. The Morgan fingerprint density at radius 3 is 2.10 bits per heavy atom. The molecule has 0 spiro atoms. The average molecular weight is 604 g/mol. The Bertz CT molecular complexity index is 1450. The molecular weight excluding hydrogens is 570 g/mol. The number of amides is 2. The first-order valence-electron chi connectivity index (χ1n) is 12.8. The number of carbonyl (C=O) groups is 2. The van der Waals surface area contributed by atoms with Gasteiger partial charge in [-0.05, 0) is 67.9 Å². The van der Waals surface area contributed by atoms with Crippen molar-refractivity contribution in [2.45, 2.75) is 31.3 Å². The molecule has 41 heavy (non-hydrogen) atoms. The second-order valence-corrected chi connectivity index (χ2v) is 11.2. The molecular formula is C29H34ClN3O7S. The van der Waals surface area contributed by atoms with Crippen LogP contribution in [0.3, 0.4) is 0 Å². The highest BCUT2D eigenvalue weighted by Crippen LogP contribution is 2.32. The molecule has 3 rings (SSSR count). The van der Waals surface area contributed by atoms with Crippen molar-refractivity contribution in [2.75, 3.05) is 38.7 Å². The minimum atomic E-state index is -4.30. The van der Waals surface area contributed by atoms with Gasteiger partial charge in [0.25, 0.3) is 10.0 Å². The number of carbonyl (C=O) groups excluding carboxylic acids is 2. The maximum Gasteiger partial charge on any atom is 0.264 e. The number of sulfonamides is 1. The van der Waals surface area contributed by atoms with E-state index < -0.39 is 28.5 Å². The molecule has 0 aromatic heterocycles. The van der Waals surface area contributed by atoms with Crippen molar-refractivity contribution < 1.29 is 32.2 Å². The largest absolute Gasteiger partial charge is 0.497 e. The molecule has 1 N–H and O–H groups in total. The standard InChI is InChI=1S/C29H34ClN3O7S/c1-6-31-29(35)20(2)32(18-21-7-13-24(38-3)14-8-21)28(34)19-33(23-11-9-22(30)10-12-23)41(36,37)25-15-16-26(39-4)27(17-25)40-5/h7-17,20H,6,18-19H2,1-5H3,(H,31,35)/t20-/m0/s1. The zero-order valence-corrected chi connectivity index (χ0v) is 25.2. The molecule has 0 unspecified atom stereocenters. The predicted octanol–water partition coefficient (Wildman–Crippen LogP) is 4.11. The summed E-state index contributed by atoms with van der Waals surface area (Å²) >= 11 is 6.07. The lowest BCUT2D eigenvalue weighted by molar-refractivity contribution is -0.139. The van der Waals surface area contributed by atoms with Crippen LogP contribution in [0.25, 0.3) is 0 Å². The second-order valence-electron chi connectivity index (χ2n) is 8.95. The second kappa shape index (κ2) is 14.1. The zero-order chi connectivity index (χ0) is 30.2. The lowest BCUT2D eigenvalue weighted by atomic mass is 10.1. The smallest absolute Gasteiger partial charge is 0.264 e. The lowest BCUT2D eigenvalue weighted by Crippen LogP contribution is -2.51. The summed E-state index contributed by atoms with van der Waals surface area (Å²) in [5, 5.41) is 3.13. The molecule has 3 aromatic rings. The molecule has 2 amide bonds. The monoisotopic (exact) mass is 603 g/mol. The van der Waals surface area contributed by atoms with Crippen LogP contribution in [0.1, 0.15) is 19.4 Å². The average Bonchev–Trinajstić information content (AvgIpc) is 2.98. The van der Waals surface area contributed by atoms with Gasteiger partial charge in [0.15, 0.2) is 11.5 Å². The number of halogens is 1. The van der Waals surface area contributed by atoms with Crippen LogP contribution in [-0.2, 0) is 26.2 Å². The van der Waals surface area contributed by atoms with E-state index in [1.807, 2.05) is 0 Å². The van der Waals surface area contributed by atoms with Crippen molar-refractivity contribution >= 4 is 39.1 Å². The van der Waals surface area contributed by atoms with E-state index in [1.54, 1.807) is 45.2 Å². The normalized spacial score (nSPS) is 11.8. The Morgan fingerprint density at radius 2 is 1.54 bits per heavy atom. The van der Waals surface area contributed by atoms with E-state index in [1.165, 1.54) is 61.6 Å². The van der Waals surface area contributed by atoms with Crippen LogP contribution in [0.15, 0.2) is 71.6 Å². The number of hydrogen-bond donors (Lipinski definition) is 1. The zero-order valence-electron chi connectivity index (χ0n) is 23.6. The van der Waals surface area contributed by atoms with E-state index in [0.29, 0.717) is 23.1 Å². The van der Waals surface area contributed by atoms with Gasteiger partial charge in [0.2, 0.25) is 11.8 Å². The molecule has 0 aliphatic carbocycles. The highest BCUT2D eigenvalue weighted by atomic mass is 35.5. The Balaban J connectivity index is 2.05. The Hall–Kier alpha value is -3.96. The van der Waals surface area contributed by atoms with E-state index in [4.69, 9.17) is 25.8 Å². The molecule has 0 aliphatic rings. The maximum atomic E-state index is 14.0. The van der Waals surface area contributed by atoms with Crippen molar-refractivity contribution in [2.24, 2.45) is 0 Å². The van der Waals surface area contributed by atoms with E-state index in [2.05, 4.69) is 5.32 Å². The predicted molar refractivity (Wildman–Crippen MR) is 157 cm³/mol. The van der Waals surface area contributed by atoms with Gasteiger partial charge in [-0.15, -0.1) is 0 Å². The highest BCUT2D eigenvalue weighted by Gasteiger charge is 2.33. The van der Waals surface area contributed by atoms with Crippen molar-refractivity contribution in [1.29, 1.82) is 0 Å². The third kappa shape index (κ3) is 7.62.